The Hall–Kier alpha value is -3.43. The van der Waals surface area contributed by atoms with Crippen LogP contribution in [0.1, 0.15) is 18.4 Å². The molecule has 226 valence electrons. The third kappa shape index (κ3) is 9.03. The van der Waals surface area contributed by atoms with Gasteiger partial charge in [-0.2, -0.15) is 0 Å². The van der Waals surface area contributed by atoms with Gasteiger partial charge in [0.05, 0.1) is 34.4 Å². The molecule has 14 heteroatoms. The van der Waals surface area contributed by atoms with Crippen LogP contribution in [0.15, 0.2) is 58.7 Å². The zero-order valence-electron chi connectivity index (χ0n) is 23.8. The maximum absolute atomic E-state index is 13.4. The Morgan fingerprint density at radius 3 is 2.71 bits per heavy atom. The number of hydrogen-bond donors (Lipinski definition) is 1. The van der Waals surface area contributed by atoms with Crippen molar-refractivity contribution in [1.29, 1.82) is 0 Å². The molecular weight excluding hydrogens is 582 g/mol. The molecule has 4 rings (SSSR count). The highest BCUT2D eigenvalue weighted by Crippen LogP contribution is 2.29. The van der Waals surface area contributed by atoms with Gasteiger partial charge in [-0.05, 0) is 38.7 Å². The summed E-state index contributed by atoms with van der Waals surface area (Å²) in [7, 11) is 1.97. The van der Waals surface area contributed by atoms with E-state index in [1.54, 1.807) is 12.3 Å². The highest BCUT2D eigenvalue weighted by molar-refractivity contribution is 7.91. The summed E-state index contributed by atoms with van der Waals surface area (Å²) in [6.07, 6.45) is 2.38. The number of rotatable bonds is 15. The van der Waals surface area contributed by atoms with Gasteiger partial charge in [-0.3, -0.25) is 10.1 Å². The third-order valence-corrected chi connectivity index (χ3v) is 8.89. The number of nitrogens with one attached hydrogen (secondary N) is 1. The zero-order chi connectivity index (χ0) is 30.0. The standard InChI is InChI=1S/C28H35N5O7S2/c1-33(2)13-16-39-25-7-4-6-23(30-25)24-18-29-28(41-24)31-27(34)26(32-40-21-12-15-38-19-21)20-8-10-22(11-9-20)42(35,36)17-5-14-37-3/h4,6-11,18,21H,5,12-17,19H2,1-3H3,(H,29,31,34)/b32-26+/t21-/m1/s1. The van der Waals surface area contributed by atoms with Gasteiger partial charge >= 0.3 is 0 Å². The van der Waals surface area contributed by atoms with Crippen LogP contribution in [0.25, 0.3) is 10.6 Å². The molecule has 1 fully saturated rings. The van der Waals surface area contributed by atoms with E-state index < -0.39 is 15.7 Å². The largest absolute Gasteiger partial charge is 0.476 e. The molecular formula is C28H35N5O7S2. The van der Waals surface area contributed by atoms with Gasteiger partial charge in [0.2, 0.25) is 5.88 Å². The van der Waals surface area contributed by atoms with E-state index in [2.05, 4.69) is 20.4 Å². The van der Waals surface area contributed by atoms with Gasteiger partial charge in [-0.15, -0.1) is 0 Å². The molecule has 1 amide bonds. The number of likely N-dealkylation sites (N-methyl/N-ethyl adjacent to an activating group) is 1. The van der Waals surface area contributed by atoms with Gasteiger partial charge in [0.1, 0.15) is 6.61 Å². The molecule has 42 heavy (non-hydrogen) atoms. The number of thiazole rings is 1. The van der Waals surface area contributed by atoms with Crippen molar-refractivity contribution < 1.29 is 32.3 Å². The van der Waals surface area contributed by atoms with Crippen LogP contribution >= 0.6 is 11.3 Å². The summed E-state index contributed by atoms with van der Waals surface area (Å²) in [5.41, 5.74) is 1.04. The molecule has 1 N–H and O–H groups in total. The maximum Gasteiger partial charge on any atom is 0.280 e. The number of nitrogens with zero attached hydrogens (tertiary/aromatic N) is 4. The molecule has 0 saturated carbocycles. The summed E-state index contributed by atoms with van der Waals surface area (Å²) in [4.78, 5) is 30.8. The molecule has 1 atom stereocenters. The van der Waals surface area contributed by atoms with Crippen molar-refractivity contribution in [2.24, 2.45) is 5.16 Å². The molecule has 12 nitrogen and oxygen atoms in total. The van der Waals surface area contributed by atoms with Crippen LogP contribution in [-0.2, 0) is 28.9 Å². The molecule has 0 aliphatic carbocycles. The molecule has 0 bridgehead atoms. The van der Waals surface area contributed by atoms with E-state index in [0.717, 1.165) is 11.4 Å². The minimum Gasteiger partial charge on any atom is -0.476 e. The number of carbonyl (C=O) groups excluding carboxylic acids is 1. The van der Waals surface area contributed by atoms with Crippen molar-refractivity contribution >= 4 is 37.9 Å². The first-order valence-electron chi connectivity index (χ1n) is 13.4. The number of sulfone groups is 1. The number of aromatic nitrogens is 2. The van der Waals surface area contributed by atoms with Gasteiger partial charge in [0, 0.05) is 44.5 Å². The van der Waals surface area contributed by atoms with Gasteiger partial charge < -0.3 is 23.9 Å². The summed E-state index contributed by atoms with van der Waals surface area (Å²) in [6.45, 7) is 2.54. The predicted molar refractivity (Wildman–Crippen MR) is 160 cm³/mol. The van der Waals surface area contributed by atoms with E-state index in [1.807, 2.05) is 31.1 Å². The lowest BCUT2D eigenvalue weighted by molar-refractivity contribution is -0.110. The number of hydrogen-bond acceptors (Lipinski definition) is 12. The number of amides is 1. The van der Waals surface area contributed by atoms with Gasteiger partial charge in [-0.25, -0.2) is 18.4 Å². The molecule has 1 aliphatic heterocycles. The molecule has 3 aromatic rings. The molecule has 3 heterocycles. The highest BCUT2D eigenvalue weighted by Gasteiger charge is 2.22. The average molecular weight is 618 g/mol. The van der Waals surface area contributed by atoms with Crippen molar-refractivity contribution in [3.05, 3.63) is 54.2 Å². The maximum atomic E-state index is 13.4. The second-order valence-corrected chi connectivity index (χ2v) is 12.9. The van der Waals surface area contributed by atoms with Gasteiger partial charge in [0.25, 0.3) is 5.91 Å². The van der Waals surface area contributed by atoms with Crippen LogP contribution < -0.4 is 10.1 Å². The zero-order valence-corrected chi connectivity index (χ0v) is 25.4. The fourth-order valence-corrected chi connectivity index (χ4v) is 5.92. The predicted octanol–water partition coefficient (Wildman–Crippen LogP) is 3.10. The van der Waals surface area contributed by atoms with Crippen molar-refractivity contribution in [1.82, 2.24) is 14.9 Å². The second kappa shape index (κ2) is 15.2. The lowest BCUT2D eigenvalue weighted by Crippen LogP contribution is -2.25. The summed E-state index contributed by atoms with van der Waals surface area (Å²) < 4.78 is 41.3. The quantitative estimate of drug-likeness (QED) is 0.154. The first-order chi connectivity index (χ1) is 20.2. The summed E-state index contributed by atoms with van der Waals surface area (Å²) in [5.74, 6) is -0.0992. The third-order valence-electron chi connectivity index (χ3n) is 6.14. The van der Waals surface area contributed by atoms with Crippen molar-refractivity contribution in [3.8, 4) is 16.5 Å². The van der Waals surface area contributed by atoms with Crippen molar-refractivity contribution in [3.63, 3.8) is 0 Å². The molecule has 0 spiro atoms. The minimum absolute atomic E-state index is 0.0172. The van der Waals surface area contributed by atoms with Crippen LogP contribution in [0.4, 0.5) is 5.13 Å². The first-order valence-corrected chi connectivity index (χ1v) is 15.9. The Balaban J connectivity index is 1.49. The number of pyridine rings is 1. The molecule has 0 unspecified atom stereocenters. The van der Waals surface area contributed by atoms with E-state index >= 15 is 0 Å². The monoisotopic (exact) mass is 617 g/mol. The fraction of sp³-hybridized carbons (Fsp3) is 0.429. The Morgan fingerprint density at radius 2 is 2.00 bits per heavy atom. The van der Waals surface area contributed by atoms with E-state index in [4.69, 9.17) is 19.0 Å². The summed E-state index contributed by atoms with van der Waals surface area (Å²) in [6, 6.07) is 11.5. The second-order valence-electron chi connectivity index (χ2n) is 9.72. The van der Waals surface area contributed by atoms with Crippen LogP contribution in [0.3, 0.4) is 0 Å². The van der Waals surface area contributed by atoms with E-state index in [-0.39, 0.29) is 22.5 Å². The average Bonchev–Trinajstić information content (AvgIpc) is 3.66. The summed E-state index contributed by atoms with van der Waals surface area (Å²) >= 11 is 1.25. The highest BCUT2D eigenvalue weighted by atomic mass is 32.2. The molecule has 2 aromatic heterocycles. The number of oxime groups is 1. The topological polar surface area (TPSA) is 142 Å². The number of benzene rings is 1. The SMILES string of the molecule is COCCCS(=O)(=O)c1ccc(/C(=N\O[C@@H]2CCOC2)C(=O)Nc2ncc(-c3cccc(OCCN(C)C)n3)s2)cc1. The fourth-order valence-electron chi connectivity index (χ4n) is 3.85. The van der Waals surface area contributed by atoms with E-state index in [0.29, 0.717) is 61.5 Å². The van der Waals surface area contributed by atoms with E-state index in [1.165, 1.54) is 42.7 Å². The lowest BCUT2D eigenvalue weighted by atomic mass is 10.1. The Morgan fingerprint density at radius 1 is 1.19 bits per heavy atom. The first kappa shape index (κ1) is 31.5. The number of carbonyl (C=O) groups is 1. The van der Waals surface area contributed by atoms with Crippen LogP contribution in [0, 0.1) is 0 Å². The Kier molecular flexibility index (Phi) is 11.4. The van der Waals surface area contributed by atoms with E-state index in [9.17, 15) is 13.2 Å². The molecule has 1 aliphatic rings. The Bertz CT molecular complexity index is 1450. The van der Waals surface area contributed by atoms with Gasteiger partial charge in [-0.1, -0.05) is 34.7 Å². The van der Waals surface area contributed by atoms with Crippen molar-refractivity contribution in [2.75, 3.05) is 65.2 Å². The van der Waals surface area contributed by atoms with Crippen LogP contribution in [-0.4, -0.2) is 101 Å². The molecule has 1 saturated heterocycles. The van der Waals surface area contributed by atoms with Crippen LogP contribution in [0.5, 0.6) is 5.88 Å². The van der Waals surface area contributed by atoms with Crippen LogP contribution in [0.2, 0.25) is 0 Å². The normalized spacial score (nSPS) is 15.6. The minimum atomic E-state index is -3.50. The van der Waals surface area contributed by atoms with Gasteiger partial charge in [0.15, 0.2) is 26.8 Å². The summed E-state index contributed by atoms with van der Waals surface area (Å²) in [5, 5.41) is 7.26. The lowest BCUT2D eigenvalue weighted by Gasteiger charge is -2.11. The Labute approximate surface area is 249 Å². The number of anilines is 1. The molecule has 1 aromatic carbocycles. The molecule has 0 radical (unpaired) electrons. The number of methoxy groups -OCH3 is 1. The van der Waals surface area contributed by atoms with Crippen molar-refractivity contribution in [2.45, 2.75) is 23.8 Å². The number of ether oxygens (including phenoxy) is 3. The smallest absolute Gasteiger partial charge is 0.280 e.